The largest absolute Gasteiger partial charge is 0.494 e. The Hall–Kier alpha value is -2.21. The number of hydrogen-bond acceptors (Lipinski definition) is 3. The maximum absolute atomic E-state index is 14.8. The number of carbonyl (C=O) groups is 1. The number of amides is 1. The van der Waals surface area contributed by atoms with Gasteiger partial charge in [-0.1, -0.05) is 17.7 Å². The van der Waals surface area contributed by atoms with E-state index in [0.717, 1.165) is 5.56 Å². The van der Waals surface area contributed by atoms with Gasteiger partial charge in [0.15, 0.2) is 0 Å². The first-order valence-electron chi connectivity index (χ1n) is 8.77. The number of aryl methyl sites for hydroxylation is 1. The molecule has 146 valence electrons. The van der Waals surface area contributed by atoms with Crippen molar-refractivity contribution in [1.29, 1.82) is 0 Å². The zero-order chi connectivity index (χ0) is 20.0. The van der Waals surface area contributed by atoms with Crippen molar-refractivity contribution in [3.8, 4) is 5.75 Å². The van der Waals surface area contributed by atoms with Crippen molar-refractivity contribution in [2.45, 2.75) is 45.6 Å². The number of nitrogens with one attached hydrogen (secondary N) is 1. The SMILES string of the molecule is CCOc1ccc(C(F)(F)c2ccc(CC[C@H](C)NC(C)=O)cn2)c(Cl)c1. The molecule has 1 aromatic carbocycles. The number of benzene rings is 1. The Morgan fingerprint density at radius 3 is 2.63 bits per heavy atom. The molecule has 1 aromatic heterocycles. The summed E-state index contributed by atoms with van der Waals surface area (Å²) in [5.74, 6) is -2.97. The van der Waals surface area contributed by atoms with Crippen LogP contribution in [0.2, 0.25) is 5.02 Å². The van der Waals surface area contributed by atoms with Crippen LogP contribution in [0.4, 0.5) is 8.78 Å². The Morgan fingerprint density at radius 2 is 2.07 bits per heavy atom. The summed E-state index contributed by atoms with van der Waals surface area (Å²) in [6, 6.07) is 7.05. The lowest BCUT2D eigenvalue weighted by molar-refractivity contribution is -0.119. The van der Waals surface area contributed by atoms with Gasteiger partial charge in [0, 0.05) is 24.7 Å². The molecule has 0 fully saturated rings. The van der Waals surface area contributed by atoms with Crippen molar-refractivity contribution in [3.63, 3.8) is 0 Å². The van der Waals surface area contributed by atoms with Crippen LogP contribution >= 0.6 is 11.6 Å². The molecule has 0 aliphatic rings. The molecule has 0 bridgehead atoms. The van der Waals surface area contributed by atoms with Gasteiger partial charge in [-0.3, -0.25) is 9.78 Å². The molecule has 0 unspecified atom stereocenters. The zero-order valence-corrected chi connectivity index (χ0v) is 16.3. The summed E-state index contributed by atoms with van der Waals surface area (Å²) < 4.78 is 34.9. The third-order valence-electron chi connectivity index (χ3n) is 4.05. The third-order valence-corrected chi connectivity index (χ3v) is 4.36. The summed E-state index contributed by atoms with van der Waals surface area (Å²) in [5.41, 5.74) is 0.143. The van der Waals surface area contributed by atoms with Crippen molar-refractivity contribution in [2.75, 3.05) is 6.61 Å². The predicted molar refractivity (Wildman–Crippen MR) is 101 cm³/mol. The first-order chi connectivity index (χ1) is 12.7. The molecule has 0 radical (unpaired) electrons. The number of alkyl halides is 2. The number of aromatic nitrogens is 1. The van der Waals surface area contributed by atoms with Crippen LogP contribution in [0.15, 0.2) is 36.5 Å². The number of halogens is 3. The highest BCUT2D eigenvalue weighted by molar-refractivity contribution is 6.31. The zero-order valence-electron chi connectivity index (χ0n) is 15.6. The lowest BCUT2D eigenvalue weighted by atomic mass is 10.0. The molecule has 27 heavy (non-hydrogen) atoms. The average Bonchev–Trinajstić information content (AvgIpc) is 2.60. The molecule has 0 aliphatic heterocycles. The number of carbonyl (C=O) groups excluding carboxylic acids is 1. The highest BCUT2D eigenvalue weighted by Gasteiger charge is 2.37. The highest BCUT2D eigenvalue weighted by atomic mass is 35.5. The molecule has 1 N–H and O–H groups in total. The third kappa shape index (κ3) is 5.63. The van der Waals surface area contributed by atoms with Gasteiger partial charge < -0.3 is 10.1 Å². The van der Waals surface area contributed by atoms with Gasteiger partial charge in [0.25, 0.3) is 0 Å². The Labute approximate surface area is 162 Å². The standard InChI is InChI=1S/C20H23ClF2N2O2/c1-4-27-16-8-9-17(18(21)11-16)20(22,23)19-10-7-15(12-24-19)6-5-13(2)25-14(3)26/h7-13H,4-6H2,1-3H3,(H,25,26)/t13-/m0/s1. The summed E-state index contributed by atoms with van der Waals surface area (Å²) in [6.07, 6.45) is 2.76. The van der Waals surface area contributed by atoms with Crippen LogP contribution in [0.1, 0.15) is 44.0 Å². The van der Waals surface area contributed by atoms with Crippen molar-refractivity contribution < 1.29 is 18.3 Å². The molecule has 2 rings (SSSR count). The van der Waals surface area contributed by atoms with E-state index in [9.17, 15) is 13.6 Å². The van der Waals surface area contributed by atoms with Gasteiger partial charge in [0.2, 0.25) is 5.91 Å². The number of hydrogen-bond donors (Lipinski definition) is 1. The van der Waals surface area contributed by atoms with Gasteiger partial charge in [-0.2, -0.15) is 8.78 Å². The van der Waals surface area contributed by atoms with E-state index in [1.165, 1.54) is 37.4 Å². The van der Waals surface area contributed by atoms with E-state index in [2.05, 4.69) is 10.3 Å². The number of rotatable bonds is 8. The van der Waals surface area contributed by atoms with Crippen LogP contribution in [0.25, 0.3) is 0 Å². The van der Waals surface area contributed by atoms with Crippen LogP contribution in [0.3, 0.4) is 0 Å². The van der Waals surface area contributed by atoms with Crippen molar-refractivity contribution in [3.05, 3.63) is 58.4 Å². The quantitative estimate of drug-likeness (QED) is 0.701. The van der Waals surface area contributed by atoms with Gasteiger partial charge in [-0.05, 0) is 56.5 Å². The first-order valence-corrected chi connectivity index (χ1v) is 9.15. The molecule has 2 aromatic rings. The molecular weight excluding hydrogens is 374 g/mol. The molecule has 0 saturated carbocycles. The monoisotopic (exact) mass is 396 g/mol. The smallest absolute Gasteiger partial charge is 0.316 e. The van der Waals surface area contributed by atoms with E-state index in [1.807, 2.05) is 6.92 Å². The molecule has 0 spiro atoms. The molecule has 1 heterocycles. The second kappa shape index (κ2) is 9.13. The Balaban J connectivity index is 2.11. The fourth-order valence-corrected chi connectivity index (χ4v) is 2.99. The molecule has 7 heteroatoms. The number of nitrogens with zero attached hydrogens (tertiary/aromatic N) is 1. The van der Waals surface area contributed by atoms with E-state index in [1.54, 1.807) is 13.0 Å². The normalized spacial score (nSPS) is 12.5. The van der Waals surface area contributed by atoms with Crippen LogP contribution in [0, 0.1) is 0 Å². The predicted octanol–water partition coefficient (Wildman–Crippen LogP) is 4.73. The van der Waals surface area contributed by atoms with Gasteiger partial charge >= 0.3 is 5.92 Å². The molecule has 4 nitrogen and oxygen atoms in total. The van der Waals surface area contributed by atoms with E-state index in [-0.39, 0.29) is 28.2 Å². The van der Waals surface area contributed by atoms with Crippen LogP contribution in [-0.2, 0) is 17.1 Å². The maximum Gasteiger partial charge on any atom is 0.316 e. The van der Waals surface area contributed by atoms with Crippen molar-refractivity contribution in [2.24, 2.45) is 0 Å². The van der Waals surface area contributed by atoms with Gasteiger partial charge in [-0.25, -0.2) is 0 Å². The minimum absolute atomic E-state index is 0.00581. The summed E-state index contributed by atoms with van der Waals surface area (Å²) >= 11 is 6.03. The van der Waals surface area contributed by atoms with Gasteiger partial charge in [0.05, 0.1) is 11.6 Å². The lowest BCUT2D eigenvalue weighted by Gasteiger charge is -2.19. The first kappa shape index (κ1) is 21.1. The second-order valence-electron chi connectivity index (χ2n) is 6.34. The van der Waals surface area contributed by atoms with Crippen molar-refractivity contribution in [1.82, 2.24) is 10.3 Å². The summed E-state index contributed by atoms with van der Waals surface area (Å²) in [4.78, 5) is 15.0. The minimum Gasteiger partial charge on any atom is -0.494 e. The lowest BCUT2D eigenvalue weighted by Crippen LogP contribution is -2.30. The van der Waals surface area contributed by atoms with Gasteiger partial charge in [-0.15, -0.1) is 0 Å². The highest BCUT2D eigenvalue weighted by Crippen LogP contribution is 2.39. The molecular formula is C20H23ClF2N2O2. The fraction of sp³-hybridized carbons (Fsp3) is 0.400. The summed E-state index contributed by atoms with van der Waals surface area (Å²) in [5, 5.41) is 2.72. The summed E-state index contributed by atoms with van der Waals surface area (Å²) in [7, 11) is 0. The fourth-order valence-electron chi connectivity index (χ4n) is 2.71. The molecule has 0 aliphatic carbocycles. The number of ether oxygens (including phenoxy) is 1. The van der Waals surface area contributed by atoms with E-state index < -0.39 is 5.92 Å². The van der Waals surface area contributed by atoms with Gasteiger partial charge in [0.1, 0.15) is 11.4 Å². The average molecular weight is 397 g/mol. The maximum atomic E-state index is 14.8. The Bertz CT molecular complexity index is 782. The molecule has 1 atom stereocenters. The van der Waals surface area contributed by atoms with Crippen molar-refractivity contribution >= 4 is 17.5 Å². The second-order valence-corrected chi connectivity index (χ2v) is 6.75. The Morgan fingerprint density at radius 1 is 1.33 bits per heavy atom. The van der Waals surface area contributed by atoms with E-state index >= 15 is 0 Å². The topological polar surface area (TPSA) is 51.2 Å². The summed E-state index contributed by atoms with van der Waals surface area (Å²) in [6.45, 7) is 5.58. The van der Waals surface area contributed by atoms with Crippen LogP contribution in [-0.4, -0.2) is 23.5 Å². The minimum atomic E-state index is -3.32. The Kier molecular flexibility index (Phi) is 7.13. The van der Waals surface area contributed by atoms with E-state index in [0.29, 0.717) is 25.2 Å². The van der Waals surface area contributed by atoms with Crippen LogP contribution < -0.4 is 10.1 Å². The molecule has 0 saturated heterocycles. The molecule has 1 amide bonds. The number of pyridine rings is 1. The van der Waals surface area contributed by atoms with Crippen LogP contribution in [0.5, 0.6) is 5.75 Å². The van der Waals surface area contributed by atoms with E-state index in [4.69, 9.17) is 16.3 Å².